The maximum atomic E-state index is 13.5. The number of nitrogens with zero attached hydrogens (tertiary/aromatic N) is 2. The fourth-order valence-electron chi connectivity index (χ4n) is 3.44. The molecule has 0 radical (unpaired) electrons. The van der Waals surface area contributed by atoms with Gasteiger partial charge in [-0.25, -0.2) is 8.42 Å². The van der Waals surface area contributed by atoms with Crippen LogP contribution in [0.2, 0.25) is 5.02 Å². The zero-order chi connectivity index (χ0) is 24.8. The maximum Gasteiger partial charge on any atom is 0.244 e. The molecule has 0 fully saturated rings. The molecule has 0 unspecified atom stereocenters. The average molecular weight is 494 g/mol. The second-order valence-corrected chi connectivity index (χ2v) is 10.7. The van der Waals surface area contributed by atoms with Gasteiger partial charge in [0.1, 0.15) is 12.6 Å². The first-order chi connectivity index (χ1) is 15.4. The number of anilines is 1. The maximum absolute atomic E-state index is 13.5. The number of benzene rings is 2. The fourth-order valence-corrected chi connectivity index (χ4v) is 4.46. The largest absolute Gasteiger partial charge is 0.352 e. The smallest absolute Gasteiger partial charge is 0.244 e. The molecular weight excluding hydrogens is 462 g/mol. The van der Waals surface area contributed by atoms with Crippen molar-refractivity contribution in [1.29, 1.82) is 0 Å². The van der Waals surface area contributed by atoms with E-state index in [1.54, 1.807) is 18.2 Å². The quantitative estimate of drug-likeness (QED) is 0.546. The van der Waals surface area contributed by atoms with Gasteiger partial charge < -0.3 is 10.2 Å². The number of hydrogen-bond donors (Lipinski definition) is 1. The van der Waals surface area contributed by atoms with Crippen LogP contribution in [0.25, 0.3) is 0 Å². The van der Waals surface area contributed by atoms with Gasteiger partial charge in [0, 0.05) is 17.6 Å². The van der Waals surface area contributed by atoms with Gasteiger partial charge in [0.2, 0.25) is 21.8 Å². The molecule has 0 aliphatic heterocycles. The summed E-state index contributed by atoms with van der Waals surface area (Å²) in [5, 5.41) is 3.22. The Bertz CT molecular complexity index is 1070. The van der Waals surface area contributed by atoms with E-state index in [4.69, 9.17) is 11.6 Å². The number of nitrogens with one attached hydrogen (secondary N) is 1. The van der Waals surface area contributed by atoms with Crippen molar-refractivity contribution in [3.8, 4) is 0 Å². The van der Waals surface area contributed by atoms with Crippen molar-refractivity contribution in [3.05, 3.63) is 64.7 Å². The molecular formula is C24H32ClN3O4S. The van der Waals surface area contributed by atoms with Crippen LogP contribution in [0.15, 0.2) is 48.5 Å². The molecule has 0 saturated carbocycles. The number of sulfonamides is 1. The van der Waals surface area contributed by atoms with Crippen molar-refractivity contribution >= 4 is 39.1 Å². The van der Waals surface area contributed by atoms with Crippen LogP contribution in [0, 0.1) is 6.92 Å². The summed E-state index contributed by atoms with van der Waals surface area (Å²) in [6.45, 7) is 7.22. The van der Waals surface area contributed by atoms with E-state index in [1.807, 2.05) is 52.0 Å². The summed E-state index contributed by atoms with van der Waals surface area (Å²) in [4.78, 5) is 27.9. The van der Waals surface area contributed by atoms with Gasteiger partial charge >= 0.3 is 0 Å². The summed E-state index contributed by atoms with van der Waals surface area (Å²) >= 11 is 6.05. The highest BCUT2D eigenvalue weighted by Crippen LogP contribution is 2.23. The van der Waals surface area contributed by atoms with Gasteiger partial charge in [-0.1, -0.05) is 54.4 Å². The van der Waals surface area contributed by atoms with Crippen LogP contribution in [0.1, 0.15) is 38.3 Å². The summed E-state index contributed by atoms with van der Waals surface area (Å²) in [7, 11) is -3.79. The van der Waals surface area contributed by atoms with E-state index in [9.17, 15) is 18.0 Å². The molecule has 0 aromatic heterocycles. The molecule has 0 spiro atoms. The van der Waals surface area contributed by atoms with E-state index >= 15 is 0 Å². The van der Waals surface area contributed by atoms with Gasteiger partial charge in [0.25, 0.3) is 0 Å². The zero-order valence-electron chi connectivity index (χ0n) is 19.7. The van der Waals surface area contributed by atoms with Crippen molar-refractivity contribution in [3.63, 3.8) is 0 Å². The van der Waals surface area contributed by atoms with Crippen molar-refractivity contribution in [2.45, 2.75) is 52.7 Å². The predicted molar refractivity (Wildman–Crippen MR) is 133 cm³/mol. The lowest BCUT2D eigenvalue weighted by molar-refractivity contribution is -0.140. The highest BCUT2D eigenvalue weighted by molar-refractivity contribution is 7.92. The first kappa shape index (κ1) is 26.7. The average Bonchev–Trinajstić information content (AvgIpc) is 2.71. The molecule has 0 bridgehead atoms. The molecule has 1 N–H and O–H groups in total. The number of amides is 2. The zero-order valence-corrected chi connectivity index (χ0v) is 21.3. The third-order valence-corrected chi connectivity index (χ3v) is 6.44. The van der Waals surface area contributed by atoms with Crippen LogP contribution in [0.3, 0.4) is 0 Å². The molecule has 0 saturated heterocycles. The minimum Gasteiger partial charge on any atom is -0.352 e. The highest BCUT2D eigenvalue weighted by atomic mass is 35.5. The molecule has 2 aromatic rings. The van der Waals surface area contributed by atoms with Crippen LogP contribution >= 0.6 is 11.6 Å². The molecule has 0 heterocycles. The highest BCUT2D eigenvalue weighted by Gasteiger charge is 2.32. The number of carbonyl (C=O) groups excluding carboxylic acids is 2. The molecule has 2 aromatic carbocycles. The third kappa shape index (κ3) is 7.75. The summed E-state index contributed by atoms with van der Waals surface area (Å²) < 4.78 is 26.1. The van der Waals surface area contributed by atoms with E-state index < -0.39 is 28.5 Å². The summed E-state index contributed by atoms with van der Waals surface area (Å²) in [6.07, 6.45) is 1.42. The van der Waals surface area contributed by atoms with Gasteiger partial charge in [0.05, 0.1) is 11.9 Å². The van der Waals surface area contributed by atoms with Crippen LogP contribution in [-0.2, 0) is 26.2 Å². The van der Waals surface area contributed by atoms with Gasteiger partial charge in [-0.2, -0.15) is 0 Å². The number of rotatable bonds is 10. The first-order valence-corrected chi connectivity index (χ1v) is 13.0. The minimum absolute atomic E-state index is 0.0955. The SMILES string of the molecule is CC[C@H](C(=O)NC(C)C)N(Cc1ccc(C)cc1)C(=O)CN(c1cccc(Cl)c1)S(C)(=O)=O. The summed E-state index contributed by atoms with van der Waals surface area (Å²) in [6, 6.07) is 13.1. The summed E-state index contributed by atoms with van der Waals surface area (Å²) in [5.41, 5.74) is 2.21. The number of aryl methyl sites for hydroxylation is 1. The number of hydrogen-bond acceptors (Lipinski definition) is 4. The third-order valence-electron chi connectivity index (χ3n) is 5.07. The van der Waals surface area contributed by atoms with E-state index in [0.29, 0.717) is 11.4 Å². The molecule has 33 heavy (non-hydrogen) atoms. The molecule has 9 heteroatoms. The Morgan fingerprint density at radius 1 is 1.09 bits per heavy atom. The van der Waals surface area contributed by atoms with Crippen LogP contribution < -0.4 is 9.62 Å². The molecule has 7 nitrogen and oxygen atoms in total. The van der Waals surface area contributed by atoms with Crippen LogP contribution in [-0.4, -0.2) is 50.0 Å². The monoisotopic (exact) mass is 493 g/mol. The van der Waals surface area contributed by atoms with Crippen molar-refractivity contribution in [2.75, 3.05) is 17.1 Å². The Morgan fingerprint density at radius 2 is 1.73 bits per heavy atom. The second-order valence-electron chi connectivity index (χ2n) is 8.34. The topological polar surface area (TPSA) is 86.8 Å². The Labute approximate surface area is 201 Å². The van der Waals surface area contributed by atoms with E-state index in [0.717, 1.165) is 21.7 Å². The van der Waals surface area contributed by atoms with E-state index in [2.05, 4.69) is 5.32 Å². The minimum atomic E-state index is -3.79. The standard InChI is InChI=1S/C24H32ClN3O4S/c1-6-22(24(30)26-17(2)3)27(15-19-12-10-18(4)11-13-19)23(29)16-28(33(5,31)32)21-9-7-8-20(25)14-21/h7-14,17,22H,6,15-16H2,1-5H3,(H,26,30)/t22-/m1/s1. The molecule has 2 rings (SSSR count). The lowest BCUT2D eigenvalue weighted by Crippen LogP contribution is -2.53. The predicted octanol–water partition coefficient (Wildman–Crippen LogP) is 3.75. The van der Waals surface area contributed by atoms with E-state index in [-0.39, 0.29) is 24.2 Å². The van der Waals surface area contributed by atoms with Crippen LogP contribution in [0.5, 0.6) is 0 Å². The number of carbonyl (C=O) groups is 2. The Morgan fingerprint density at radius 3 is 2.24 bits per heavy atom. The second kappa shape index (κ2) is 11.5. The van der Waals surface area contributed by atoms with Crippen molar-refractivity contribution < 1.29 is 18.0 Å². The van der Waals surface area contributed by atoms with Gasteiger partial charge in [0.15, 0.2) is 0 Å². The van der Waals surface area contributed by atoms with Crippen LogP contribution in [0.4, 0.5) is 5.69 Å². The molecule has 1 atom stereocenters. The van der Waals surface area contributed by atoms with Crippen molar-refractivity contribution in [1.82, 2.24) is 10.2 Å². The lowest BCUT2D eigenvalue weighted by atomic mass is 10.1. The Hall–Kier alpha value is -2.58. The van der Waals surface area contributed by atoms with Gasteiger partial charge in [-0.05, 0) is 51.0 Å². The first-order valence-electron chi connectivity index (χ1n) is 10.8. The van der Waals surface area contributed by atoms with Gasteiger partial charge in [-0.15, -0.1) is 0 Å². The van der Waals surface area contributed by atoms with Gasteiger partial charge in [-0.3, -0.25) is 13.9 Å². The normalized spacial score (nSPS) is 12.3. The Kier molecular flexibility index (Phi) is 9.31. The Balaban J connectivity index is 2.43. The molecule has 180 valence electrons. The number of halogens is 1. The lowest BCUT2D eigenvalue weighted by Gasteiger charge is -2.33. The van der Waals surface area contributed by atoms with Crippen molar-refractivity contribution in [2.24, 2.45) is 0 Å². The fraction of sp³-hybridized carbons (Fsp3) is 0.417. The molecule has 0 aliphatic carbocycles. The molecule has 0 aliphatic rings. The summed E-state index contributed by atoms with van der Waals surface area (Å²) in [5.74, 6) is -0.756. The van der Waals surface area contributed by atoms with E-state index in [1.165, 1.54) is 11.0 Å². The molecule has 2 amide bonds.